The van der Waals surface area contributed by atoms with Crippen LogP contribution < -0.4 is 16.5 Å². The Morgan fingerprint density at radius 3 is 2.85 bits per heavy atom. The maximum Gasteiger partial charge on any atom is 0.224 e. The van der Waals surface area contributed by atoms with Crippen LogP contribution in [0.5, 0.6) is 0 Å². The number of hydrogen-bond donors (Lipinski definition) is 4. The number of halogens is 1. The first-order valence-electron chi connectivity index (χ1n) is 5.65. The summed E-state index contributed by atoms with van der Waals surface area (Å²) in [5.41, 5.74) is 7.37. The van der Waals surface area contributed by atoms with E-state index in [1.807, 2.05) is 0 Å². The van der Waals surface area contributed by atoms with Gasteiger partial charge in [-0.1, -0.05) is 6.92 Å². The molecule has 0 aliphatic rings. The van der Waals surface area contributed by atoms with Crippen molar-refractivity contribution in [2.75, 3.05) is 10.7 Å². The number of hydrazone groups is 1. The summed E-state index contributed by atoms with van der Waals surface area (Å²) in [7, 11) is 0. The molecule has 0 saturated heterocycles. The van der Waals surface area contributed by atoms with E-state index < -0.39 is 11.7 Å². The SMILES string of the molecule is CCC(=O)Nc1ccc(F)c(N/N=C(\C#N)C(=N)N)c1. The van der Waals surface area contributed by atoms with Gasteiger partial charge in [-0.2, -0.15) is 10.4 Å². The molecule has 0 atom stereocenters. The van der Waals surface area contributed by atoms with Crippen LogP contribution in [0.15, 0.2) is 23.3 Å². The number of amidine groups is 1. The van der Waals surface area contributed by atoms with Crippen molar-refractivity contribution >= 4 is 28.8 Å². The van der Waals surface area contributed by atoms with Crippen LogP contribution in [0, 0.1) is 22.6 Å². The molecule has 0 fully saturated rings. The van der Waals surface area contributed by atoms with E-state index in [1.165, 1.54) is 12.1 Å². The maximum absolute atomic E-state index is 13.5. The number of rotatable bonds is 5. The molecule has 0 radical (unpaired) electrons. The zero-order chi connectivity index (χ0) is 15.1. The number of nitrogens with one attached hydrogen (secondary N) is 3. The Morgan fingerprint density at radius 1 is 1.60 bits per heavy atom. The molecule has 0 spiro atoms. The maximum atomic E-state index is 13.5. The second-order valence-electron chi connectivity index (χ2n) is 3.69. The van der Waals surface area contributed by atoms with Crippen molar-refractivity contribution in [1.82, 2.24) is 0 Å². The Balaban J connectivity index is 2.95. The van der Waals surface area contributed by atoms with E-state index in [9.17, 15) is 9.18 Å². The van der Waals surface area contributed by atoms with Gasteiger partial charge in [-0.15, -0.1) is 0 Å². The molecule has 0 unspecified atom stereocenters. The molecule has 0 aliphatic carbocycles. The summed E-state index contributed by atoms with van der Waals surface area (Å²) in [6, 6.07) is 5.45. The first-order chi connectivity index (χ1) is 9.47. The lowest BCUT2D eigenvalue weighted by Gasteiger charge is -2.07. The highest BCUT2D eigenvalue weighted by Gasteiger charge is 2.06. The van der Waals surface area contributed by atoms with Crippen LogP contribution >= 0.6 is 0 Å². The number of nitriles is 1. The normalized spacial score (nSPS) is 10.6. The van der Waals surface area contributed by atoms with E-state index in [0.29, 0.717) is 12.1 Å². The van der Waals surface area contributed by atoms with Crippen LogP contribution in [-0.2, 0) is 4.79 Å². The molecule has 0 saturated carbocycles. The van der Waals surface area contributed by atoms with Gasteiger partial charge >= 0.3 is 0 Å². The molecule has 104 valence electrons. The summed E-state index contributed by atoms with van der Waals surface area (Å²) in [5.74, 6) is -1.37. The van der Waals surface area contributed by atoms with Crippen LogP contribution in [0.25, 0.3) is 0 Å². The minimum Gasteiger partial charge on any atom is -0.382 e. The quantitative estimate of drug-likeness (QED) is 0.368. The van der Waals surface area contributed by atoms with Gasteiger partial charge in [-0.25, -0.2) is 4.39 Å². The topological polar surface area (TPSA) is 127 Å². The molecule has 20 heavy (non-hydrogen) atoms. The smallest absolute Gasteiger partial charge is 0.224 e. The first kappa shape index (κ1) is 15.1. The largest absolute Gasteiger partial charge is 0.382 e. The molecule has 1 aromatic carbocycles. The lowest BCUT2D eigenvalue weighted by Crippen LogP contribution is -2.22. The van der Waals surface area contributed by atoms with Crippen LogP contribution in [-0.4, -0.2) is 17.5 Å². The van der Waals surface area contributed by atoms with E-state index in [4.69, 9.17) is 16.4 Å². The summed E-state index contributed by atoms with van der Waals surface area (Å²) in [4.78, 5) is 11.2. The minimum atomic E-state index is -0.621. The Kier molecular flexibility index (Phi) is 5.17. The lowest BCUT2D eigenvalue weighted by atomic mass is 10.2. The number of nitrogens with zero attached hydrogens (tertiary/aromatic N) is 2. The van der Waals surface area contributed by atoms with E-state index >= 15 is 0 Å². The summed E-state index contributed by atoms with van der Waals surface area (Å²) in [5, 5.41) is 21.8. The molecule has 1 aromatic rings. The highest BCUT2D eigenvalue weighted by atomic mass is 19.1. The fourth-order valence-corrected chi connectivity index (χ4v) is 1.20. The van der Waals surface area contributed by atoms with Gasteiger partial charge < -0.3 is 11.1 Å². The van der Waals surface area contributed by atoms with Crippen LogP contribution in [0.2, 0.25) is 0 Å². The van der Waals surface area contributed by atoms with Crippen molar-refractivity contribution in [3.63, 3.8) is 0 Å². The van der Waals surface area contributed by atoms with Crippen molar-refractivity contribution in [3.8, 4) is 6.07 Å². The van der Waals surface area contributed by atoms with Gasteiger partial charge in [0.15, 0.2) is 5.84 Å². The standard InChI is InChI=1S/C12H13FN6O/c1-2-11(20)17-7-3-4-8(13)9(5-7)18-19-10(6-14)12(15)16/h3-5,18H,2H2,1H3,(H3,15,16)(H,17,20)/b19-10+. The molecule has 8 heteroatoms. The van der Waals surface area contributed by atoms with E-state index in [1.54, 1.807) is 13.0 Å². The summed E-state index contributed by atoms with van der Waals surface area (Å²) in [6.45, 7) is 1.69. The van der Waals surface area contributed by atoms with Gasteiger partial charge in [-0.05, 0) is 18.2 Å². The van der Waals surface area contributed by atoms with E-state index in [-0.39, 0.29) is 17.3 Å². The van der Waals surface area contributed by atoms with Crippen LogP contribution in [0.4, 0.5) is 15.8 Å². The molecular weight excluding hydrogens is 263 g/mol. The van der Waals surface area contributed by atoms with Crippen LogP contribution in [0.1, 0.15) is 13.3 Å². The Labute approximate surface area is 114 Å². The molecular formula is C12H13FN6O. The number of nitrogens with two attached hydrogens (primary N) is 1. The van der Waals surface area contributed by atoms with Crippen molar-refractivity contribution in [3.05, 3.63) is 24.0 Å². The zero-order valence-electron chi connectivity index (χ0n) is 10.7. The van der Waals surface area contributed by atoms with E-state index in [2.05, 4.69) is 15.8 Å². The van der Waals surface area contributed by atoms with E-state index in [0.717, 1.165) is 6.07 Å². The van der Waals surface area contributed by atoms with Crippen molar-refractivity contribution in [2.45, 2.75) is 13.3 Å². The number of benzene rings is 1. The van der Waals surface area contributed by atoms with Gasteiger partial charge in [0.2, 0.25) is 11.6 Å². The number of hydrogen-bond acceptors (Lipinski definition) is 5. The zero-order valence-corrected chi connectivity index (χ0v) is 10.7. The molecule has 0 aliphatic heterocycles. The molecule has 1 amide bonds. The Bertz CT molecular complexity index is 604. The van der Waals surface area contributed by atoms with Gasteiger partial charge in [0, 0.05) is 12.1 Å². The highest BCUT2D eigenvalue weighted by Crippen LogP contribution is 2.19. The minimum absolute atomic E-state index is 0.0482. The molecule has 0 aromatic heterocycles. The third-order valence-corrected chi connectivity index (χ3v) is 2.22. The van der Waals surface area contributed by atoms with Gasteiger partial charge in [0.05, 0.1) is 5.69 Å². The second kappa shape index (κ2) is 6.84. The highest BCUT2D eigenvalue weighted by molar-refractivity contribution is 6.45. The molecule has 5 N–H and O–H groups in total. The average molecular weight is 276 g/mol. The first-order valence-corrected chi connectivity index (χ1v) is 5.65. The monoisotopic (exact) mass is 276 g/mol. The van der Waals surface area contributed by atoms with Crippen molar-refractivity contribution < 1.29 is 9.18 Å². The summed E-state index contributed by atoms with van der Waals surface area (Å²) in [6.07, 6.45) is 0.293. The fraction of sp³-hybridized carbons (Fsp3) is 0.167. The van der Waals surface area contributed by atoms with Gasteiger partial charge in [0.25, 0.3) is 0 Å². The molecule has 1 rings (SSSR count). The number of amides is 1. The predicted molar refractivity (Wildman–Crippen MR) is 73.9 cm³/mol. The summed E-state index contributed by atoms with van der Waals surface area (Å²) >= 11 is 0. The predicted octanol–water partition coefficient (Wildman–Crippen LogP) is 1.40. The number of anilines is 2. The third kappa shape index (κ3) is 4.06. The van der Waals surface area contributed by atoms with Gasteiger partial charge in [-0.3, -0.25) is 15.6 Å². The number of carbonyl (C=O) groups excluding carboxylic acids is 1. The van der Waals surface area contributed by atoms with Crippen molar-refractivity contribution in [2.24, 2.45) is 10.8 Å². The molecule has 0 heterocycles. The lowest BCUT2D eigenvalue weighted by molar-refractivity contribution is -0.115. The second-order valence-corrected chi connectivity index (χ2v) is 3.69. The Morgan fingerprint density at radius 2 is 2.30 bits per heavy atom. The van der Waals surface area contributed by atoms with Crippen LogP contribution in [0.3, 0.4) is 0 Å². The average Bonchev–Trinajstić information content (AvgIpc) is 2.42. The third-order valence-electron chi connectivity index (χ3n) is 2.22. The Hall–Kier alpha value is -2.95. The van der Waals surface area contributed by atoms with Gasteiger partial charge in [0.1, 0.15) is 11.9 Å². The summed E-state index contributed by atoms with van der Waals surface area (Å²) < 4.78 is 13.5. The molecule has 7 nitrogen and oxygen atoms in total. The van der Waals surface area contributed by atoms with Crippen molar-refractivity contribution in [1.29, 1.82) is 10.7 Å². The number of carbonyl (C=O) groups is 1. The fourth-order valence-electron chi connectivity index (χ4n) is 1.20. The molecule has 0 bridgehead atoms.